The number of nitrogens with zero attached hydrogens (tertiary/aromatic N) is 1. The lowest BCUT2D eigenvalue weighted by Crippen LogP contribution is -2.58. The molecule has 0 saturated heterocycles. The zero-order valence-corrected chi connectivity index (χ0v) is 19.6. The van der Waals surface area contributed by atoms with E-state index in [-0.39, 0.29) is 30.8 Å². The summed E-state index contributed by atoms with van der Waals surface area (Å²) in [5, 5.41) is 16.9. The number of carboxylic acids is 1. The number of amides is 3. The van der Waals surface area contributed by atoms with Crippen LogP contribution in [0.2, 0.25) is 0 Å². The van der Waals surface area contributed by atoms with Crippen LogP contribution >= 0.6 is 0 Å². The number of nitrogens with two attached hydrogens (primary N) is 3. The molecule has 184 valence electrons. The van der Waals surface area contributed by atoms with Crippen LogP contribution in [-0.2, 0) is 19.2 Å². The fourth-order valence-corrected chi connectivity index (χ4v) is 2.68. The summed E-state index contributed by atoms with van der Waals surface area (Å²) in [6.45, 7) is 8.92. The number of carbonyl (C=O) groups is 4. The molecular weight excluding hydrogens is 418 g/mol. The molecule has 0 aliphatic heterocycles. The number of nitrogens with one attached hydrogen (secondary N) is 3. The Labute approximate surface area is 189 Å². The summed E-state index contributed by atoms with van der Waals surface area (Å²) in [5.41, 5.74) is 16.3. The van der Waals surface area contributed by atoms with Gasteiger partial charge in [0.05, 0.1) is 6.04 Å². The van der Waals surface area contributed by atoms with E-state index >= 15 is 0 Å². The molecule has 32 heavy (non-hydrogen) atoms. The van der Waals surface area contributed by atoms with Crippen molar-refractivity contribution in [3.63, 3.8) is 0 Å². The predicted octanol–water partition coefficient (Wildman–Crippen LogP) is -1.37. The number of aliphatic carboxylic acids is 1. The molecule has 0 fully saturated rings. The number of hydrogen-bond donors (Lipinski definition) is 7. The molecule has 0 spiro atoms. The number of hydrogen-bond acceptors (Lipinski definition) is 6. The molecule has 3 amide bonds. The third-order valence-corrected chi connectivity index (χ3v) is 5.13. The largest absolute Gasteiger partial charge is 0.480 e. The smallest absolute Gasteiger partial charge is 0.326 e. The Bertz CT molecular complexity index is 679. The van der Waals surface area contributed by atoms with Gasteiger partial charge in [0.1, 0.15) is 18.1 Å². The monoisotopic (exact) mass is 457 g/mol. The molecule has 0 aromatic heterocycles. The van der Waals surface area contributed by atoms with Gasteiger partial charge in [-0.25, -0.2) is 4.79 Å². The molecule has 0 aliphatic rings. The summed E-state index contributed by atoms with van der Waals surface area (Å²) < 4.78 is 0. The molecule has 5 unspecified atom stereocenters. The standard InChI is InChI=1S/C20H39N7O5/c1-6-11(4)15(27-17(29)14(21)10(2)3)18(30)25-12(5)16(28)26-13(19(31)32)8-7-9-24-20(22)23/h10-15H,6-9,21H2,1-5H3,(H,25,30)(H,26,28)(H,27,29)(H,31,32)(H4,22,23,24). The van der Waals surface area contributed by atoms with Crippen molar-refractivity contribution in [1.29, 1.82) is 0 Å². The molecule has 0 bridgehead atoms. The summed E-state index contributed by atoms with van der Waals surface area (Å²) in [5.74, 6) is -3.31. The molecule has 10 N–H and O–H groups in total. The van der Waals surface area contributed by atoms with Crippen LogP contribution in [0.4, 0.5) is 0 Å². The average molecular weight is 458 g/mol. The van der Waals surface area contributed by atoms with Crippen LogP contribution in [0.5, 0.6) is 0 Å². The fourth-order valence-electron chi connectivity index (χ4n) is 2.68. The van der Waals surface area contributed by atoms with Gasteiger partial charge in [-0.05, 0) is 31.6 Å². The van der Waals surface area contributed by atoms with Crippen molar-refractivity contribution in [3.8, 4) is 0 Å². The first-order chi connectivity index (χ1) is 14.8. The zero-order valence-electron chi connectivity index (χ0n) is 19.6. The van der Waals surface area contributed by atoms with E-state index < -0.39 is 47.9 Å². The van der Waals surface area contributed by atoms with E-state index in [4.69, 9.17) is 17.2 Å². The van der Waals surface area contributed by atoms with Crippen LogP contribution in [0.15, 0.2) is 4.99 Å². The predicted molar refractivity (Wildman–Crippen MR) is 121 cm³/mol. The van der Waals surface area contributed by atoms with E-state index in [0.29, 0.717) is 12.8 Å². The molecule has 0 heterocycles. The Kier molecular flexibility index (Phi) is 12.9. The fraction of sp³-hybridized carbons (Fsp3) is 0.750. The van der Waals surface area contributed by atoms with Crippen LogP contribution in [0.1, 0.15) is 53.9 Å². The molecule has 12 heteroatoms. The van der Waals surface area contributed by atoms with E-state index in [9.17, 15) is 24.3 Å². The maximum atomic E-state index is 12.8. The Hall–Kier alpha value is -2.89. The SMILES string of the molecule is CCC(C)C(NC(=O)C(N)C(C)C)C(=O)NC(C)C(=O)NC(CCCN=C(N)N)C(=O)O. The molecule has 0 aromatic rings. The second kappa shape index (κ2) is 14.2. The third kappa shape index (κ3) is 10.4. The highest BCUT2D eigenvalue weighted by atomic mass is 16.4. The highest BCUT2D eigenvalue weighted by Gasteiger charge is 2.31. The Balaban J connectivity index is 5.06. The first-order valence-electron chi connectivity index (χ1n) is 10.8. The minimum atomic E-state index is -1.21. The molecule has 0 aromatic carbocycles. The van der Waals surface area contributed by atoms with Gasteiger partial charge >= 0.3 is 5.97 Å². The van der Waals surface area contributed by atoms with Crippen LogP contribution < -0.4 is 33.2 Å². The summed E-state index contributed by atoms with van der Waals surface area (Å²) in [6.07, 6.45) is 1.05. The van der Waals surface area contributed by atoms with Crippen molar-refractivity contribution in [2.24, 2.45) is 34.0 Å². The number of carboxylic acid groups (broad SMARTS) is 1. The maximum absolute atomic E-state index is 12.8. The van der Waals surface area contributed by atoms with Crippen LogP contribution in [0.25, 0.3) is 0 Å². The van der Waals surface area contributed by atoms with Gasteiger partial charge in [0.2, 0.25) is 17.7 Å². The van der Waals surface area contributed by atoms with Gasteiger partial charge in [-0.1, -0.05) is 34.1 Å². The normalized spacial score (nSPS) is 15.6. The Morgan fingerprint density at radius 2 is 1.53 bits per heavy atom. The minimum absolute atomic E-state index is 0.102. The lowest BCUT2D eigenvalue weighted by molar-refractivity contribution is -0.142. The number of carbonyl (C=O) groups excluding carboxylic acids is 3. The Morgan fingerprint density at radius 3 is 2.00 bits per heavy atom. The maximum Gasteiger partial charge on any atom is 0.326 e. The Morgan fingerprint density at radius 1 is 0.938 bits per heavy atom. The molecule has 0 radical (unpaired) electrons. The van der Waals surface area contributed by atoms with E-state index in [1.165, 1.54) is 6.92 Å². The van der Waals surface area contributed by atoms with Gasteiger partial charge < -0.3 is 38.3 Å². The quantitative estimate of drug-likeness (QED) is 0.0935. The molecule has 0 rings (SSSR count). The summed E-state index contributed by atoms with van der Waals surface area (Å²) in [4.78, 5) is 52.8. The summed E-state index contributed by atoms with van der Waals surface area (Å²) in [7, 11) is 0. The van der Waals surface area contributed by atoms with Crippen molar-refractivity contribution in [1.82, 2.24) is 16.0 Å². The van der Waals surface area contributed by atoms with E-state index in [0.717, 1.165) is 0 Å². The van der Waals surface area contributed by atoms with Gasteiger partial charge in [-0.15, -0.1) is 0 Å². The van der Waals surface area contributed by atoms with Gasteiger partial charge in [-0.3, -0.25) is 19.4 Å². The first-order valence-corrected chi connectivity index (χ1v) is 10.8. The molecule has 0 aliphatic carbocycles. The van der Waals surface area contributed by atoms with E-state index in [1.807, 2.05) is 6.92 Å². The number of aliphatic imine (C=N–C) groups is 1. The summed E-state index contributed by atoms with van der Waals surface area (Å²) >= 11 is 0. The second-order valence-electron chi connectivity index (χ2n) is 8.22. The second-order valence-corrected chi connectivity index (χ2v) is 8.22. The minimum Gasteiger partial charge on any atom is -0.480 e. The van der Waals surface area contributed by atoms with Gasteiger partial charge in [-0.2, -0.15) is 0 Å². The van der Waals surface area contributed by atoms with Crippen molar-refractivity contribution in [3.05, 3.63) is 0 Å². The zero-order chi connectivity index (χ0) is 25.0. The molecular formula is C20H39N7O5. The first kappa shape index (κ1) is 29.1. The van der Waals surface area contributed by atoms with Gasteiger partial charge in [0, 0.05) is 6.54 Å². The van der Waals surface area contributed by atoms with Crippen molar-refractivity contribution in [2.75, 3.05) is 6.54 Å². The lowest BCUT2D eigenvalue weighted by Gasteiger charge is -2.27. The average Bonchev–Trinajstić information content (AvgIpc) is 2.71. The number of guanidine groups is 1. The van der Waals surface area contributed by atoms with Crippen molar-refractivity contribution < 1.29 is 24.3 Å². The van der Waals surface area contributed by atoms with Crippen LogP contribution in [0, 0.1) is 11.8 Å². The van der Waals surface area contributed by atoms with E-state index in [2.05, 4.69) is 20.9 Å². The van der Waals surface area contributed by atoms with Crippen LogP contribution in [-0.4, -0.2) is 65.5 Å². The highest BCUT2D eigenvalue weighted by molar-refractivity contribution is 5.94. The van der Waals surface area contributed by atoms with E-state index in [1.54, 1.807) is 20.8 Å². The van der Waals surface area contributed by atoms with Crippen molar-refractivity contribution >= 4 is 29.7 Å². The van der Waals surface area contributed by atoms with Gasteiger partial charge in [0.25, 0.3) is 0 Å². The summed E-state index contributed by atoms with van der Waals surface area (Å²) in [6, 6.07) is -3.85. The third-order valence-electron chi connectivity index (χ3n) is 5.13. The van der Waals surface area contributed by atoms with Gasteiger partial charge in [0.15, 0.2) is 5.96 Å². The molecule has 12 nitrogen and oxygen atoms in total. The van der Waals surface area contributed by atoms with Crippen LogP contribution in [0.3, 0.4) is 0 Å². The topological polar surface area (TPSA) is 215 Å². The highest BCUT2D eigenvalue weighted by Crippen LogP contribution is 2.10. The number of rotatable bonds is 14. The van der Waals surface area contributed by atoms with Crippen molar-refractivity contribution in [2.45, 2.75) is 78.0 Å². The lowest BCUT2D eigenvalue weighted by atomic mass is 9.96. The molecule has 0 saturated carbocycles. The molecule has 5 atom stereocenters.